The minimum Gasteiger partial charge on any atom is -0.444 e. The first kappa shape index (κ1) is 24.6. The van der Waals surface area contributed by atoms with E-state index in [1.807, 2.05) is 0 Å². The van der Waals surface area contributed by atoms with Crippen LogP contribution in [0, 0.1) is 38.7 Å². The molecule has 3 atom stereocenters. The first-order valence-electron chi connectivity index (χ1n) is 10.4. The average Bonchev–Trinajstić information content (AvgIpc) is 3.19. The van der Waals surface area contributed by atoms with Gasteiger partial charge >= 0.3 is 6.09 Å². The van der Waals surface area contributed by atoms with Crippen LogP contribution in [0.3, 0.4) is 0 Å². The predicted octanol–water partition coefficient (Wildman–Crippen LogP) is 3.08. The third kappa shape index (κ3) is 6.95. The van der Waals surface area contributed by atoms with Gasteiger partial charge in [0.05, 0.1) is 29.0 Å². The Morgan fingerprint density at radius 3 is 2.50 bits per heavy atom. The number of hydrogen-bond donors (Lipinski definition) is 1. The number of likely N-dealkylation sites (tertiary alicyclic amines) is 1. The zero-order valence-corrected chi connectivity index (χ0v) is 18.4. The lowest BCUT2D eigenvalue weighted by molar-refractivity contribution is -0.384. The van der Waals surface area contributed by atoms with Crippen LogP contribution in [0.5, 0.6) is 0 Å². The van der Waals surface area contributed by atoms with Gasteiger partial charge < -0.3 is 15.0 Å². The molecule has 1 aliphatic heterocycles. The topological polar surface area (TPSA) is 149 Å². The van der Waals surface area contributed by atoms with E-state index in [0.717, 1.165) is 6.42 Å². The van der Waals surface area contributed by atoms with Crippen molar-refractivity contribution >= 4 is 17.7 Å². The fourth-order valence-electron chi connectivity index (χ4n) is 3.54. The summed E-state index contributed by atoms with van der Waals surface area (Å²) in [5, 5.41) is 32.6. The molecule has 0 aromatic heterocycles. The van der Waals surface area contributed by atoms with E-state index < -0.39 is 34.6 Å². The Morgan fingerprint density at radius 2 is 1.97 bits per heavy atom. The van der Waals surface area contributed by atoms with E-state index in [0.29, 0.717) is 18.5 Å². The number of nitrogens with one attached hydrogen (secondary N) is 1. The van der Waals surface area contributed by atoms with Gasteiger partial charge in [-0.1, -0.05) is 12.1 Å². The van der Waals surface area contributed by atoms with Crippen molar-refractivity contribution in [1.29, 1.82) is 10.5 Å². The van der Waals surface area contributed by atoms with Gasteiger partial charge in [0.2, 0.25) is 5.91 Å². The molecule has 1 fully saturated rings. The third-order valence-electron chi connectivity index (χ3n) is 5.07. The van der Waals surface area contributed by atoms with Gasteiger partial charge in [-0.2, -0.15) is 10.5 Å². The first-order chi connectivity index (χ1) is 15.0. The molecule has 1 aromatic rings. The molecular formula is C22H27N5O5. The molecule has 32 heavy (non-hydrogen) atoms. The number of hydrogen-bond acceptors (Lipinski definition) is 7. The largest absolute Gasteiger partial charge is 0.444 e. The van der Waals surface area contributed by atoms with Crippen LogP contribution in [0.15, 0.2) is 24.3 Å². The quantitative estimate of drug-likeness (QED) is 0.504. The summed E-state index contributed by atoms with van der Waals surface area (Å²) in [6.07, 6.45) is 0.569. The van der Waals surface area contributed by atoms with Crippen LogP contribution in [0.1, 0.15) is 45.6 Å². The molecule has 0 radical (unpaired) electrons. The molecule has 2 unspecified atom stereocenters. The van der Waals surface area contributed by atoms with Crippen LogP contribution in [-0.2, 0) is 16.0 Å². The van der Waals surface area contributed by atoms with E-state index in [4.69, 9.17) is 4.74 Å². The summed E-state index contributed by atoms with van der Waals surface area (Å²) in [5.74, 6) is -1.12. The number of carbonyl (C=O) groups excluding carboxylic acids is 2. The lowest BCUT2D eigenvalue weighted by atomic mass is 9.91. The van der Waals surface area contributed by atoms with Gasteiger partial charge in [0.15, 0.2) is 0 Å². The number of nitro groups is 1. The molecule has 0 bridgehead atoms. The van der Waals surface area contributed by atoms with Crippen molar-refractivity contribution in [2.24, 2.45) is 5.92 Å². The highest BCUT2D eigenvalue weighted by molar-refractivity contribution is 5.79. The zero-order chi connectivity index (χ0) is 23.9. The van der Waals surface area contributed by atoms with E-state index in [-0.39, 0.29) is 24.4 Å². The van der Waals surface area contributed by atoms with Gasteiger partial charge in [0, 0.05) is 25.1 Å². The molecule has 170 valence electrons. The van der Waals surface area contributed by atoms with Gasteiger partial charge in [-0.3, -0.25) is 14.9 Å². The maximum atomic E-state index is 12.9. The number of carbonyl (C=O) groups is 2. The SMILES string of the molecule is CC(C)(C)OC(=O)NC(CC(=O)N1CCC[C@H]1C#N)C(C#N)Cc1ccc([N+](=O)[O-])cc1. The summed E-state index contributed by atoms with van der Waals surface area (Å²) >= 11 is 0. The molecule has 0 aliphatic carbocycles. The molecule has 10 nitrogen and oxygen atoms in total. The van der Waals surface area contributed by atoms with Crippen molar-refractivity contribution in [3.63, 3.8) is 0 Å². The molecule has 2 rings (SSSR count). The molecule has 1 saturated heterocycles. The number of benzene rings is 1. The van der Waals surface area contributed by atoms with E-state index in [9.17, 15) is 30.2 Å². The Morgan fingerprint density at radius 1 is 1.31 bits per heavy atom. The van der Waals surface area contributed by atoms with Crippen LogP contribution in [-0.4, -0.2) is 46.1 Å². The normalized spacial score (nSPS) is 17.5. The lowest BCUT2D eigenvalue weighted by Gasteiger charge is -2.28. The second-order valence-electron chi connectivity index (χ2n) is 8.69. The number of non-ortho nitro benzene ring substituents is 1. The molecular weight excluding hydrogens is 414 g/mol. The van der Waals surface area contributed by atoms with Crippen molar-refractivity contribution in [2.45, 2.75) is 64.1 Å². The molecule has 0 spiro atoms. The summed E-state index contributed by atoms with van der Waals surface area (Å²) in [6.45, 7) is 5.56. The minimum absolute atomic E-state index is 0.0718. The van der Waals surface area contributed by atoms with E-state index in [1.54, 1.807) is 32.9 Å². The summed E-state index contributed by atoms with van der Waals surface area (Å²) in [4.78, 5) is 37.1. The summed E-state index contributed by atoms with van der Waals surface area (Å²) in [5.41, 5.74) is -0.181. The number of nitro benzene ring substituents is 1. The van der Waals surface area contributed by atoms with Gasteiger partial charge in [-0.15, -0.1) is 0 Å². The van der Waals surface area contributed by atoms with Crippen molar-refractivity contribution in [2.75, 3.05) is 6.54 Å². The summed E-state index contributed by atoms with van der Waals surface area (Å²) < 4.78 is 5.29. The molecule has 1 heterocycles. The van der Waals surface area contributed by atoms with Crippen molar-refractivity contribution in [1.82, 2.24) is 10.2 Å². The van der Waals surface area contributed by atoms with Gasteiger partial charge in [-0.25, -0.2) is 4.79 Å². The Bertz CT molecular complexity index is 926. The van der Waals surface area contributed by atoms with E-state index >= 15 is 0 Å². The van der Waals surface area contributed by atoms with Crippen molar-refractivity contribution < 1.29 is 19.2 Å². The Balaban J connectivity index is 2.21. The summed E-state index contributed by atoms with van der Waals surface area (Å²) in [6, 6.07) is 8.64. The zero-order valence-electron chi connectivity index (χ0n) is 18.4. The Hall–Kier alpha value is -3.66. The molecule has 1 aromatic carbocycles. The van der Waals surface area contributed by atoms with Crippen LogP contribution < -0.4 is 5.32 Å². The number of alkyl carbamates (subject to hydrolysis) is 1. The highest BCUT2D eigenvalue weighted by atomic mass is 16.6. The molecule has 2 amide bonds. The first-order valence-corrected chi connectivity index (χ1v) is 10.4. The Labute approximate surface area is 186 Å². The average molecular weight is 441 g/mol. The smallest absolute Gasteiger partial charge is 0.407 e. The predicted molar refractivity (Wildman–Crippen MR) is 114 cm³/mol. The Kier molecular flexibility index (Phi) is 8.14. The maximum absolute atomic E-state index is 12.9. The van der Waals surface area contributed by atoms with Crippen molar-refractivity contribution in [3.8, 4) is 12.1 Å². The molecule has 10 heteroatoms. The number of amides is 2. The van der Waals surface area contributed by atoms with Crippen LogP contribution in [0.4, 0.5) is 10.5 Å². The lowest BCUT2D eigenvalue weighted by Crippen LogP contribution is -2.47. The number of ether oxygens (including phenoxy) is 1. The molecule has 0 saturated carbocycles. The van der Waals surface area contributed by atoms with Gasteiger partial charge in [-0.05, 0) is 45.6 Å². The standard InChI is InChI=1S/C22H27N5O5/c1-22(2,3)32-21(29)25-19(12-20(28)26-10-4-5-18(26)14-24)16(13-23)11-15-6-8-17(9-7-15)27(30)31/h6-9,16,18-19H,4-5,10-12H2,1-3H3,(H,25,29)/t16?,18-,19?/m0/s1. The number of rotatable bonds is 7. The second kappa shape index (κ2) is 10.6. The van der Waals surface area contributed by atoms with E-state index in [2.05, 4.69) is 17.5 Å². The third-order valence-corrected chi connectivity index (χ3v) is 5.07. The fraction of sp³-hybridized carbons (Fsp3) is 0.545. The highest BCUT2D eigenvalue weighted by Gasteiger charge is 2.34. The minimum atomic E-state index is -0.863. The van der Waals surface area contributed by atoms with Crippen molar-refractivity contribution in [3.05, 3.63) is 39.9 Å². The monoisotopic (exact) mass is 441 g/mol. The highest BCUT2D eigenvalue weighted by Crippen LogP contribution is 2.22. The fourth-order valence-corrected chi connectivity index (χ4v) is 3.54. The summed E-state index contributed by atoms with van der Waals surface area (Å²) in [7, 11) is 0. The second-order valence-corrected chi connectivity index (χ2v) is 8.69. The van der Waals surface area contributed by atoms with Gasteiger partial charge in [0.25, 0.3) is 5.69 Å². The number of nitrogens with zero attached hydrogens (tertiary/aromatic N) is 4. The van der Waals surface area contributed by atoms with E-state index in [1.165, 1.54) is 17.0 Å². The van der Waals surface area contributed by atoms with Crippen LogP contribution in [0.25, 0.3) is 0 Å². The van der Waals surface area contributed by atoms with Crippen LogP contribution >= 0.6 is 0 Å². The van der Waals surface area contributed by atoms with Gasteiger partial charge in [0.1, 0.15) is 11.6 Å². The van der Waals surface area contributed by atoms with Crippen LogP contribution in [0.2, 0.25) is 0 Å². The number of nitriles is 2. The molecule has 1 N–H and O–H groups in total. The maximum Gasteiger partial charge on any atom is 0.407 e. The molecule has 1 aliphatic rings.